The number of nitrogens with zero attached hydrogens (tertiary/aromatic N) is 2. The van der Waals surface area contributed by atoms with Crippen LogP contribution in [0.1, 0.15) is 46.1 Å². The van der Waals surface area contributed by atoms with Crippen LogP contribution in [0.5, 0.6) is 5.75 Å². The van der Waals surface area contributed by atoms with Crippen LogP contribution in [0.25, 0.3) is 0 Å². The van der Waals surface area contributed by atoms with Gasteiger partial charge >= 0.3 is 6.09 Å². The minimum atomic E-state index is -0.456. The van der Waals surface area contributed by atoms with Crippen LogP contribution in [0, 0.1) is 5.92 Å². The first-order chi connectivity index (χ1) is 11.2. The summed E-state index contributed by atoms with van der Waals surface area (Å²) in [7, 11) is 0. The lowest BCUT2D eigenvalue weighted by atomic mass is 9.79. The van der Waals surface area contributed by atoms with E-state index in [4.69, 9.17) is 21.1 Å². The van der Waals surface area contributed by atoms with Crippen molar-refractivity contribution in [2.45, 2.75) is 58.2 Å². The minimum absolute atomic E-state index is 0.224. The standard InChI is InChI=1S/C18H25ClN2O3/c1-17(2,3)24-16(22)21-7-5-13(6-8-21)18(4)10-12-9-15(19)20-11-14(12)23-18/h9,11,13H,5-8,10H2,1-4H3/t18-/m0/s1. The molecule has 0 spiro atoms. The van der Waals surface area contributed by atoms with Gasteiger partial charge in [0.1, 0.15) is 22.1 Å². The number of likely N-dealkylation sites (tertiary alicyclic amines) is 1. The lowest BCUT2D eigenvalue weighted by Crippen LogP contribution is -2.48. The fourth-order valence-electron chi connectivity index (χ4n) is 3.58. The van der Waals surface area contributed by atoms with Gasteiger partial charge in [-0.25, -0.2) is 9.78 Å². The molecule has 1 saturated heterocycles. The van der Waals surface area contributed by atoms with Gasteiger partial charge in [-0.1, -0.05) is 11.6 Å². The molecule has 0 unspecified atom stereocenters. The van der Waals surface area contributed by atoms with Crippen LogP contribution in [-0.2, 0) is 11.2 Å². The van der Waals surface area contributed by atoms with Gasteiger partial charge in [0.05, 0.1) is 6.20 Å². The number of amides is 1. The largest absolute Gasteiger partial charge is 0.485 e. The van der Waals surface area contributed by atoms with E-state index in [0.717, 1.165) is 30.6 Å². The highest BCUT2D eigenvalue weighted by molar-refractivity contribution is 6.29. The highest BCUT2D eigenvalue weighted by Gasteiger charge is 2.44. The van der Waals surface area contributed by atoms with Gasteiger partial charge in [-0.15, -0.1) is 0 Å². The fraction of sp³-hybridized carbons (Fsp3) is 0.667. The second-order valence-corrected chi connectivity index (χ2v) is 8.34. The summed E-state index contributed by atoms with van der Waals surface area (Å²) >= 11 is 5.98. The molecular weight excluding hydrogens is 328 g/mol. The second-order valence-electron chi connectivity index (χ2n) is 7.95. The zero-order valence-electron chi connectivity index (χ0n) is 14.8. The molecule has 0 radical (unpaired) electrons. The SMILES string of the molecule is CC(C)(C)OC(=O)N1CCC([C@]2(C)Cc3cc(Cl)ncc3O2)CC1. The van der Waals surface area contributed by atoms with E-state index < -0.39 is 5.60 Å². The Hall–Kier alpha value is -1.49. The number of aromatic nitrogens is 1. The van der Waals surface area contributed by atoms with Crippen LogP contribution in [0.3, 0.4) is 0 Å². The van der Waals surface area contributed by atoms with E-state index in [9.17, 15) is 4.79 Å². The van der Waals surface area contributed by atoms with Gasteiger partial charge in [-0.3, -0.25) is 0 Å². The van der Waals surface area contributed by atoms with Crippen molar-refractivity contribution >= 4 is 17.7 Å². The van der Waals surface area contributed by atoms with E-state index in [-0.39, 0.29) is 11.7 Å². The molecule has 6 heteroatoms. The first-order valence-corrected chi connectivity index (χ1v) is 8.85. The molecule has 5 nitrogen and oxygen atoms in total. The molecule has 0 aromatic carbocycles. The lowest BCUT2D eigenvalue weighted by molar-refractivity contribution is -0.00829. The zero-order chi connectivity index (χ0) is 17.5. The number of fused-ring (bicyclic) bond motifs is 1. The highest BCUT2D eigenvalue weighted by Crippen LogP contribution is 2.42. The zero-order valence-corrected chi connectivity index (χ0v) is 15.5. The number of piperidine rings is 1. The predicted molar refractivity (Wildman–Crippen MR) is 92.5 cm³/mol. The number of hydrogen-bond donors (Lipinski definition) is 0. The number of ether oxygens (including phenoxy) is 2. The van der Waals surface area contributed by atoms with Crippen LogP contribution in [0.15, 0.2) is 12.3 Å². The van der Waals surface area contributed by atoms with Gasteiger partial charge in [0.2, 0.25) is 0 Å². The van der Waals surface area contributed by atoms with Crippen molar-refractivity contribution in [2.75, 3.05) is 13.1 Å². The first kappa shape index (κ1) is 17.3. The van der Waals surface area contributed by atoms with Crippen LogP contribution in [-0.4, -0.2) is 40.3 Å². The molecule has 24 heavy (non-hydrogen) atoms. The summed E-state index contributed by atoms with van der Waals surface area (Å²) in [6.45, 7) is 9.22. The fourth-order valence-corrected chi connectivity index (χ4v) is 3.76. The summed E-state index contributed by atoms with van der Waals surface area (Å²) in [5, 5.41) is 0.501. The normalized spacial score (nSPS) is 24.5. The molecule has 0 saturated carbocycles. The quantitative estimate of drug-likeness (QED) is 0.715. The molecule has 3 heterocycles. The van der Waals surface area contributed by atoms with Crippen molar-refractivity contribution in [3.05, 3.63) is 23.0 Å². The van der Waals surface area contributed by atoms with Crippen molar-refractivity contribution in [2.24, 2.45) is 5.92 Å². The van der Waals surface area contributed by atoms with Gasteiger partial charge in [-0.05, 0) is 46.6 Å². The van der Waals surface area contributed by atoms with Crippen molar-refractivity contribution in [3.63, 3.8) is 0 Å². The molecule has 1 amide bonds. The number of rotatable bonds is 1. The van der Waals surface area contributed by atoms with Gasteiger partial charge < -0.3 is 14.4 Å². The Morgan fingerprint density at radius 1 is 1.42 bits per heavy atom. The molecule has 2 aliphatic heterocycles. The van der Waals surface area contributed by atoms with Crippen LogP contribution in [0.4, 0.5) is 4.79 Å². The number of carbonyl (C=O) groups excluding carboxylic acids is 1. The molecule has 0 N–H and O–H groups in total. The van der Waals surface area contributed by atoms with Gasteiger partial charge in [-0.2, -0.15) is 0 Å². The van der Waals surface area contributed by atoms with E-state index in [1.807, 2.05) is 26.8 Å². The van der Waals surface area contributed by atoms with E-state index in [0.29, 0.717) is 24.2 Å². The first-order valence-electron chi connectivity index (χ1n) is 8.48. The molecule has 1 aromatic rings. The summed E-state index contributed by atoms with van der Waals surface area (Å²) < 4.78 is 11.7. The Kier molecular flexibility index (Phi) is 4.41. The average Bonchev–Trinajstić information content (AvgIpc) is 2.82. The van der Waals surface area contributed by atoms with Crippen LogP contribution >= 0.6 is 11.6 Å². The molecule has 1 aromatic heterocycles. The number of carbonyl (C=O) groups is 1. The van der Waals surface area contributed by atoms with Gasteiger partial charge in [0, 0.05) is 31.0 Å². The Morgan fingerprint density at radius 3 is 2.71 bits per heavy atom. The molecule has 0 bridgehead atoms. The Labute approximate surface area is 148 Å². The molecule has 132 valence electrons. The van der Waals surface area contributed by atoms with Crippen molar-refractivity contribution in [3.8, 4) is 5.75 Å². The van der Waals surface area contributed by atoms with E-state index in [1.165, 1.54) is 0 Å². The third-order valence-corrected chi connectivity index (χ3v) is 5.02. The lowest BCUT2D eigenvalue weighted by Gasteiger charge is -2.40. The number of hydrogen-bond acceptors (Lipinski definition) is 4. The smallest absolute Gasteiger partial charge is 0.410 e. The van der Waals surface area contributed by atoms with Crippen LogP contribution in [0.2, 0.25) is 5.15 Å². The Bertz CT molecular complexity index is 636. The molecule has 3 rings (SSSR count). The Balaban J connectivity index is 1.60. The van der Waals surface area contributed by atoms with Gasteiger partial charge in [0.15, 0.2) is 0 Å². The van der Waals surface area contributed by atoms with Crippen molar-refractivity contribution in [1.29, 1.82) is 0 Å². The maximum Gasteiger partial charge on any atom is 0.410 e. The maximum atomic E-state index is 12.2. The number of halogens is 1. The molecule has 1 atom stereocenters. The highest BCUT2D eigenvalue weighted by atomic mass is 35.5. The summed E-state index contributed by atoms with van der Waals surface area (Å²) in [6.07, 6.45) is 4.13. The molecule has 1 fully saturated rings. The molecule has 0 aliphatic carbocycles. The minimum Gasteiger partial charge on any atom is -0.485 e. The summed E-state index contributed by atoms with van der Waals surface area (Å²) in [6, 6.07) is 1.89. The van der Waals surface area contributed by atoms with E-state index in [1.54, 1.807) is 11.1 Å². The van der Waals surface area contributed by atoms with E-state index >= 15 is 0 Å². The predicted octanol–water partition coefficient (Wildman–Crippen LogP) is 4.08. The maximum absolute atomic E-state index is 12.2. The van der Waals surface area contributed by atoms with E-state index in [2.05, 4.69) is 11.9 Å². The van der Waals surface area contributed by atoms with Crippen molar-refractivity contribution < 1.29 is 14.3 Å². The Morgan fingerprint density at radius 2 is 2.08 bits per heavy atom. The molecule has 2 aliphatic rings. The third-order valence-electron chi connectivity index (χ3n) is 4.81. The molecular formula is C18H25ClN2O3. The average molecular weight is 353 g/mol. The topological polar surface area (TPSA) is 51.7 Å². The number of pyridine rings is 1. The van der Waals surface area contributed by atoms with Crippen LogP contribution < -0.4 is 4.74 Å². The van der Waals surface area contributed by atoms with Gasteiger partial charge in [0.25, 0.3) is 0 Å². The monoisotopic (exact) mass is 352 g/mol. The second kappa shape index (κ2) is 6.10. The summed E-state index contributed by atoms with van der Waals surface area (Å²) in [5.74, 6) is 1.22. The third kappa shape index (κ3) is 3.61. The van der Waals surface area contributed by atoms with Crippen molar-refractivity contribution in [1.82, 2.24) is 9.88 Å². The summed E-state index contributed by atoms with van der Waals surface area (Å²) in [5.41, 5.74) is 0.406. The summed E-state index contributed by atoms with van der Waals surface area (Å²) in [4.78, 5) is 18.1.